The molecule has 3 N–H and O–H groups in total. The summed E-state index contributed by atoms with van der Waals surface area (Å²) in [6.45, 7) is 0. The van der Waals surface area contributed by atoms with Gasteiger partial charge in [0.2, 0.25) is 5.95 Å². The molecule has 0 aliphatic heterocycles. The molecule has 0 spiro atoms. The number of nitrogens with one attached hydrogen (secondary N) is 2. The van der Waals surface area contributed by atoms with E-state index in [0.29, 0.717) is 34.6 Å². The normalized spacial score (nSPS) is 13.4. The standard InChI is InChI=1S/C22H19N5O3/c1-30-15-4-2-3-14(10-15)24-20-19-17(11-23-22(27-19)25-13-6-7-13)16-8-5-12(21(28)29)9-18(16)26-20/h2-5,8-11,13H,6-7H2,1H3,(H,24,26)(H,28,29)(H,23,25,27). The van der Waals surface area contributed by atoms with Crippen LogP contribution in [-0.2, 0) is 0 Å². The smallest absolute Gasteiger partial charge is 0.335 e. The minimum absolute atomic E-state index is 0.176. The molecule has 0 saturated heterocycles. The van der Waals surface area contributed by atoms with Gasteiger partial charge in [-0.05, 0) is 37.1 Å². The van der Waals surface area contributed by atoms with Gasteiger partial charge in [-0.3, -0.25) is 0 Å². The number of methoxy groups -OCH3 is 1. The molecule has 30 heavy (non-hydrogen) atoms. The second-order valence-corrected chi connectivity index (χ2v) is 7.23. The van der Waals surface area contributed by atoms with Crippen LogP contribution in [0.4, 0.5) is 17.5 Å². The van der Waals surface area contributed by atoms with Crippen LogP contribution < -0.4 is 15.4 Å². The van der Waals surface area contributed by atoms with Crippen LogP contribution in [0.1, 0.15) is 23.2 Å². The fourth-order valence-corrected chi connectivity index (χ4v) is 3.32. The molecule has 2 aromatic carbocycles. The molecule has 2 heterocycles. The van der Waals surface area contributed by atoms with Gasteiger partial charge in [0.1, 0.15) is 11.3 Å². The zero-order valence-corrected chi connectivity index (χ0v) is 16.2. The first-order valence-corrected chi connectivity index (χ1v) is 9.62. The minimum atomic E-state index is -0.999. The quantitative estimate of drug-likeness (QED) is 0.412. The highest BCUT2D eigenvalue weighted by Crippen LogP contribution is 2.32. The van der Waals surface area contributed by atoms with E-state index in [1.807, 2.05) is 24.3 Å². The van der Waals surface area contributed by atoms with E-state index in [9.17, 15) is 9.90 Å². The molecular formula is C22H19N5O3. The monoisotopic (exact) mass is 401 g/mol. The zero-order chi connectivity index (χ0) is 20.7. The first-order valence-electron chi connectivity index (χ1n) is 9.62. The lowest BCUT2D eigenvalue weighted by Gasteiger charge is -2.13. The summed E-state index contributed by atoms with van der Waals surface area (Å²) in [5.74, 6) is 0.793. The number of benzene rings is 2. The van der Waals surface area contributed by atoms with Gasteiger partial charge in [-0.15, -0.1) is 0 Å². The molecular weight excluding hydrogens is 382 g/mol. The van der Waals surface area contributed by atoms with Gasteiger partial charge in [-0.25, -0.2) is 19.7 Å². The Bertz CT molecular complexity index is 1290. The maximum Gasteiger partial charge on any atom is 0.335 e. The molecule has 1 aliphatic carbocycles. The van der Waals surface area contributed by atoms with Crippen LogP contribution >= 0.6 is 0 Å². The number of hydrogen-bond acceptors (Lipinski definition) is 7. The van der Waals surface area contributed by atoms with E-state index in [-0.39, 0.29) is 5.56 Å². The number of rotatable bonds is 6. The lowest BCUT2D eigenvalue weighted by Crippen LogP contribution is -2.06. The molecule has 1 saturated carbocycles. The predicted molar refractivity (Wildman–Crippen MR) is 115 cm³/mol. The van der Waals surface area contributed by atoms with E-state index in [2.05, 4.69) is 15.6 Å². The van der Waals surface area contributed by atoms with Gasteiger partial charge in [0.15, 0.2) is 5.82 Å². The average molecular weight is 401 g/mol. The van der Waals surface area contributed by atoms with Crippen LogP contribution in [0.3, 0.4) is 0 Å². The van der Waals surface area contributed by atoms with Gasteiger partial charge in [0.25, 0.3) is 0 Å². The molecule has 1 aliphatic rings. The van der Waals surface area contributed by atoms with E-state index in [1.54, 1.807) is 31.5 Å². The third kappa shape index (κ3) is 3.43. The number of ether oxygens (including phenoxy) is 1. The van der Waals surface area contributed by atoms with Crippen molar-refractivity contribution in [1.82, 2.24) is 15.0 Å². The fraction of sp³-hybridized carbons (Fsp3) is 0.182. The minimum Gasteiger partial charge on any atom is -0.497 e. The highest BCUT2D eigenvalue weighted by molar-refractivity contribution is 6.10. The number of carboxylic acids is 1. The zero-order valence-electron chi connectivity index (χ0n) is 16.2. The summed E-state index contributed by atoms with van der Waals surface area (Å²) >= 11 is 0. The fourth-order valence-electron chi connectivity index (χ4n) is 3.32. The van der Waals surface area contributed by atoms with E-state index >= 15 is 0 Å². The van der Waals surface area contributed by atoms with Gasteiger partial charge >= 0.3 is 5.97 Å². The van der Waals surface area contributed by atoms with Gasteiger partial charge in [0.05, 0.1) is 18.2 Å². The summed E-state index contributed by atoms with van der Waals surface area (Å²) in [5.41, 5.74) is 2.17. The highest BCUT2D eigenvalue weighted by atomic mass is 16.5. The Morgan fingerprint density at radius 2 is 2.00 bits per heavy atom. The lowest BCUT2D eigenvalue weighted by molar-refractivity contribution is 0.0697. The molecule has 1 fully saturated rings. The van der Waals surface area contributed by atoms with E-state index < -0.39 is 5.97 Å². The number of aromatic nitrogens is 3. The van der Waals surface area contributed by atoms with Crippen molar-refractivity contribution in [3.05, 3.63) is 54.2 Å². The number of nitrogens with zero attached hydrogens (tertiary/aromatic N) is 3. The molecule has 0 radical (unpaired) electrons. The Kier molecular flexibility index (Phi) is 4.31. The number of fused-ring (bicyclic) bond motifs is 3. The molecule has 8 nitrogen and oxygen atoms in total. The van der Waals surface area contributed by atoms with Crippen molar-refractivity contribution in [2.24, 2.45) is 0 Å². The van der Waals surface area contributed by atoms with Gasteiger partial charge in [-0.2, -0.15) is 0 Å². The lowest BCUT2D eigenvalue weighted by atomic mass is 10.1. The van der Waals surface area contributed by atoms with Crippen molar-refractivity contribution < 1.29 is 14.6 Å². The largest absolute Gasteiger partial charge is 0.497 e. The van der Waals surface area contributed by atoms with Crippen LogP contribution in [0.15, 0.2) is 48.7 Å². The third-order valence-electron chi connectivity index (χ3n) is 5.02. The summed E-state index contributed by atoms with van der Waals surface area (Å²) in [6.07, 6.45) is 3.99. The van der Waals surface area contributed by atoms with E-state index in [4.69, 9.17) is 14.7 Å². The molecule has 0 bridgehead atoms. The average Bonchev–Trinajstić information content (AvgIpc) is 3.57. The van der Waals surface area contributed by atoms with E-state index in [0.717, 1.165) is 29.3 Å². The first-order chi connectivity index (χ1) is 14.6. The number of carbonyl (C=O) groups is 1. The molecule has 150 valence electrons. The van der Waals surface area contributed by atoms with Crippen molar-refractivity contribution in [1.29, 1.82) is 0 Å². The van der Waals surface area contributed by atoms with Crippen LogP contribution in [-0.4, -0.2) is 39.2 Å². The maximum atomic E-state index is 11.4. The SMILES string of the molecule is COc1cccc(Nc2nc3cc(C(=O)O)ccc3c3cnc(NC4CC4)nc23)c1. The van der Waals surface area contributed by atoms with Crippen molar-refractivity contribution in [2.75, 3.05) is 17.7 Å². The number of hydrogen-bond donors (Lipinski definition) is 3. The molecule has 0 atom stereocenters. The molecule has 2 aromatic heterocycles. The Balaban J connectivity index is 1.69. The molecule has 4 aromatic rings. The Morgan fingerprint density at radius 1 is 1.13 bits per heavy atom. The number of aromatic carboxylic acids is 1. The van der Waals surface area contributed by atoms with E-state index in [1.165, 1.54) is 0 Å². The first kappa shape index (κ1) is 18.1. The van der Waals surface area contributed by atoms with Crippen molar-refractivity contribution in [3.8, 4) is 5.75 Å². The predicted octanol–water partition coefficient (Wildman–Crippen LogP) is 4.20. The van der Waals surface area contributed by atoms with Crippen molar-refractivity contribution in [2.45, 2.75) is 18.9 Å². The molecule has 0 amide bonds. The summed E-state index contributed by atoms with van der Waals surface area (Å²) in [5, 5.41) is 17.6. The van der Waals surface area contributed by atoms with Crippen molar-refractivity contribution >= 4 is 45.2 Å². The second-order valence-electron chi connectivity index (χ2n) is 7.23. The maximum absolute atomic E-state index is 11.4. The van der Waals surface area contributed by atoms with Gasteiger partial charge < -0.3 is 20.5 Å². The topological polar surface area (TPSA) is 109 Å². The molecule has 8 heteroatoms. The Morgan fingerprint density at radius 3 is 2.77 bits per heavy atom. The number of anilines is 3. The summed E-state index contributed by atoms with van der Waals surface area (Å²) < 4.78 is 5.30. The summed E-state index contributed by atoms with van der Waals surface area (Å²) in [7, 11) is 1.61. The number of pyridine rings is 1. The second kappa shape index (κ2) is 7.14. The molecule has 0 unspecified atom stereocenters. The van der Waals surface area contributed by atoms with Gasteiger partial charge in [-0.1, -0.05) is 12.1 Å². The molecule has 5 rings (SSSR count). The van der Waals surface area contributed by atoms with Crippen LogP contribution in [0.5, 0.6) is 5.75 Å². The van der Waals surface area contributed by atoms with Crippen LogP contribution in [0.2, 0.25) is 0 Å². The summed E-state index contributed by atoms with van der Waals surface area (Å²) in [4.78, 5) is 25.3. The van der Waals surface area contributed by atoms with Gasteiger partial charge in [0, 0.05) is 34.8 Å². The highest BCUT2D eigenvalue weighted by Gasteiger charge is 2.22. The summed E-state index contributed by atoms with van der Waals surface area (Å²) in [6, 6.07) is 12.8. The van der Waals surface area contributed by atoms with Crippen molar-refractivity contribution in [3.63, 3.8) is 0 Å². The van der Waals surface area contributed by atoms with Crippen LogP contribution in [0.25, 0.3) is 21.8 Å². The van der Waals surface area contributed by atoms with Crippen LogP contribution in [0, 0.1) is 0 Å². The third-order valence-corrected chi connectivity index (χ3v) is 5.02. The Hall–Kier alpha value is -3.94. The Labute approximate surface area is 171 Å². The number of carboxylic acid groups (broad SMARTS) is 1.